The van der Waals surface area contributed by atoms with E-state index in [0.29, 0.717) is 30.6 Å². The van der Waals surface area contributed by atoms with E-state index in [0.717, 1.165) is 38.4 Å². The van der Waals surface area contributed by atoms with Gasteiger partial charge in [-0.2, -0.15) is 0 Å². The van der Waals surface area contributed by atoms with Crippen molar-refractivity contribution in [2.45, 2.75) is 37.9 Å². The molecule has 4 atom stereocenters. The minimum Gasteiger partial charge on any atom is -0.374 e. The van der Waals surface area contributed by atoms with E-state index in [1.807, 2.05) is 7.05 Å². The fourth-order valence-corrected chi connectivity index (χ4v) is 4.32. The number of carbonyl (C=O) groups excluding carboxylic acids is 1. The molecule has 2 bridgehead atoms. The molecular formula is C16H26N4O2. The number of amides is 1. The van der Waals surface area contributed by atoms with Gasteiger partial charge >= 0.3 is 0 Å². The van der Waals surface area contributed by atoms with Gasteiger partial charge in [0.1, 0.15) is 0 Å². The average molecular weight is 306 g/mol. The molecule has 0 aromatic carbocycles. The molecule has 122 valence electrons. The highest BCUT2D eigenvalue weighted by Gasteiger charge is 2.53. The first-order chi connectivity index (χ1) is 10.8. The molecule has 2 N–H and O–H groups in total. The Bertz CT molecular complexity index is 459. The molecule has 22 heavy (non-hydrogen) atoms. The van der Waals surface area contributed by atoms with Crippen LogP contribution < -0.4 is 10.6 Å². The number of carbonyl (C=O) groups is 1. The molecule has 4 rings (SSSR count). The zero-order valence-electron chi connectivity index (χ0n) is 13.3. The number of ether oxygens (including phenoxy) is 1. The van der Waals surface area contributed by atoms with E-state index in [1.54, 1.807) is 0 Å². The van der Waals surface area contributed by atoms with E-state index in [1.165, 1.54) is 12.8 Å². The van der Waals surface area contributed by atoms with Crippen molar-refractivity contribution in [3.05, 3.63) is 0 Å². The molecule has 6 heteroatoms. The first kappa shape index (κ1) is 14.3. The van der Waals surface area contributed by atoms with Crippen LogP contribution in [0, 0.1) is 17.8 Å². The number of likely N-dealkylation sites (tertiary alicyclic amines) is 1. The zero-order chi connectivity index (χ0) is 15.1. The van der Waals surface area contributed by atoms with Crippen LogP contribution in [0.3, 0.4) is 0 Å². The highest BCUT2D eigenvalue weighted by molar-refractivity contribution is 5.81. The van der Waals surface area contributed by atoms with E-state index in [2.05, 4.69) is 20.5 Å². The quantitative estimate of drug-likeness (QED) is 0.442. The minimum atomic E-state index is 0.209. The maximum Gasteiger partial charge on any atom is 0.223 e. The number of guanidine groups is 1. The highest BCUT2D eigenvalue weighted by Crippen LogP contribution is 2.47. The predicted octanol–water partition coefficient (Wildman–Crippen LogP) is 0.197. The van der Waals surface area contributed by atoms with Crippen molar-refractivity contribution < 1.29 is 9.53 Å². The van der Waals surface area contributed by atoms with Crippen LogP contribution in [0.25, 0.3) is 0 Å². The fourth-order valence-electron chi connectivity index (χ4n) is 4.32. The maximum atomic E-state index is 11.6. The highest BCUT2D eigenvalue weighted by atomic mass is 16.5. The maximum absolute atomic E-state index is 11.6. The summed E-state index contributed by atoms with van der Waals surface area (Å²) in [6, 6.07) is 0. The average Bonchev–Trinajstić information content (AvgIpc) is 2.97. The van der Waals surface area contributed by atoms with Gasteiger partial charge in [-0.15, -0.1) is 0 Å². The minimum absolute atomic E-state index is 0.209. The third-order valence-corrected chi connectivity index (χ3v) is 5.62. The van der Waals surface area contributed by atoms with Gasteiger partial charge in [0.05, 0.1) is 12.2 Å². The number of aliphatic imine (C=N–C) groups is 1. The normalized spacial score (nSPS) is 36.6. The van der Waals surface area contributed by atoms with Crippen molar-refractivity contribution in [2.24, 2.45) is 22.7 Å². The lowest BCUT2D eigenvalue weighted by molar-refractivity contribution is -0.122. The van der Waals surface area contributed by atoms with E-state index in [9.17, 15) is 4.79 Å². The van der Waals surface area contributed by atoms with E-state index < -0.39 is 0 Å². The summed E-state index contributed by atoms with van der Waals surface area (Å²) in [5.74, 6) is 2.84. The van der Waals surface area contributed by atoms with Gasteiger partial charge in [0.2, 0.25) is 5.91 Å². The van der Waals surface area contributed by atoms with Crippen molar-refractivity contribution in [1.82, 2.24) is 15.5 Å². The summed E-state index contributed by atoms with van der Waals surface area (Å²) in [5, 5.41) is 6.37. The topological polar surface area (TPSA) is 66.0 Å². The van der Waals surface area contributed by atoms with Crippen LogP contribution in [0.15, 0.2) is 4.99 Å². The largest absolute Gasteiger partial charge is 0.374 e. The van der Waals surface area contributed by atoms with Crippen molar-refractivity contribution in [2.75, 3.05) is 33.2 Å². The molecule has 1 saturated carbocycles. The molecule has 6 nitrogen and oxygen atoms in total. The molecule has 3 heterocycles. The zero-order valence-corrected chi connectivity index (χ0v) is 13.3. The van der Waals surface area contributed by atoms with Crippen molar-refractivity contribution in [3.63, 3.8) is 0 Å². The van der Waals surface area contributed by atoms with Crippen LogP contribution in [0.2, 0.25) is 0 Å². The Labute approximate surface area is 131 Å². The predicted molar refractivity (Wildman–Crippen MR) is 83.5 cm³/mol. The molecule has 3 saturated heterocycles. The lowest BCUT2D eigenvalue weighted by atomic mass is 9.82. The number of rotatable bonds is 4. The van der Waals surface area contributed by atoms with Crippen LogP contribution in [0.1, 0.15) is 25.7 Å². The van der Waals surface area contributed by atoms with E-state index in [4.69, 9.17) is 4.74 Å². The molecule has 4 unspecified atom stereocenters. The van der Waals surface area contributed by atoms with Crippen LogP contribution in [-0.2, 0) is 9.53 Å². The van der Waals surface area contributed by atoms with Crippen molar-refractivity contribution in [3.8, 4) is 0 Å². The third kappa shape index (κ3) is 2.57. The fraction of sp³-hybridized carbons (Fsp3) is 0.875. The molecule has 4 aliphatic rings. The number of nitrogens with zero attached hydrogens (tertiary/aromatic N) is 2. The summed E-state index contributed by atoms with van der Waals surface area (Å²) >= 11 is 0. The molecule has 4 fully saturated rings. The van der Waals surface area contributed by atoms with E-state index >= 15 is 0 Å². The lowest BCUT2D eigenvalue weighted by Gasteiger charge is -2.23. The SMILES string of the molecule is CN=C(NCCNC(=O)C1CC1)N1CC2C3CCC(O3)C2C1. The third-order valence-electron chi connectivity index (χ3n) is 5.62. The molecule has 1 amide bonds. The van der Waals surface area contributed by atoms with Gasteiger partial charge < -0.3 is 20.3 Å². The van der Waals surface area contributed by atoms with Gasteiger partial charge in [-0.25, -0.2) is 0 Å². The Morgan fingerprint density at radius 1 is 1.09 bits per heavy atom. The molecule has 0 aromatic rings. The smallest absolute Gasteiger partial charge is 0.223 e. The summed E-state index contributed by atoms with van der Waals surface area (Å²) in [6.45, 7) is 3.52. The Morgan fingerprint density at radius 2 is 1.73 bits per heavy atom. The molecule has 0 aromatic heterocycles. The second kappa shape index (κ2) is 5.72. The first-order valence-electron chi connectivity index (χ1n) is 8.65. The second-order valence-electron chi connectivity index (χ2n) is 7.06. The molecule has 1 aliphatic carbocycles. The van der Waals surface area contributed by atoms with Crippen LogP contribution >= 0.6 is 0 Å². The van der Waals surface area contributed by atoms with Gasteiger partial charge in [0.15, 0.2) is 5.96 Å². The molecule has 3 aliphatic heterocycles. The Hall–Kier alpha value is -1.30. The standard InChI is InChI=1S/C16H26N4O2/c1-17-16(19-7-6-18-15(21)10-2-3-10)20-8-11-12(9-20)14-5-4-13(11)22-14/h10-14H,2-9H2,1H3,(H,17,19)(H,18,21). The molecular weight excluding hydrogens is 280 g/mol. The number of fused-ring (bicyclic) bond motifs is 5. The summed E-state index contributed by atoms with van der Waals surface area (Å²) in [7, 11) is 1.84. The van der Waals surface area contributed by atoms with Crippen LogP contribution in [-0.4, -0.2) is 62.2 Å². The first-order valence-corrected chi connectivity index (χ1v) is 8.65. The monoisotopic (exact) mass is 306 g/mol. The summed E-state index contributed by atoms with van der Waals surface area (Å²) in [5.41, 5.74) is 0. The summed E-state index contributed by atoms with van der Waals surface area (Å²) in [4.78, 5) is 18.4. The van der Waals surface area contributed by atoms with Crippen LogP contribution in [0.4, 0.5) is 0 Å². The molecule has 0 radical (unpaired) electrons. The van der Waals surface area contributed by atoms with E-state index in [-0.39, 0.29) is 11.8 Å². The van der Waals surface area contributed by atoms with Crippen LogP contribution in [0.5, 0.6) is 0 Å². The number of hydrogen-bond donors (Lipinski definition) is 2. The number of hydrogen-bond acceptors (Lipinski definition) is 3. The Balaban J connectivity index is 1.24. The van der Waals surface area contributed by atoms with Gasteiger partial charge in [0.25, 0.3) is 0 Å². The van der Waals surface area contributed by atoms with Crippen molar-refractivity contribution in [1.29, 1.82) is 0 Å². The van der Waals surface area contributed by atoms with Crippen molar-refractivity contribution >= 4 is 11.9 Å². The summed E-state index contributed by atoms with van der Waals surface area (Å²) in [6.07, 6.45) is 5.55. The number of nitrogens with one attached hydrogen (secondary N) is 2. The molecule has 0 spiro atoms. The Morgan fingerprint density at radius 3 is 2.32 bits per heavy atom. The van der Waals surface area contributed by atoms with Gasteiger partial charge in [0, 0.05) is 51.0 Å². The summed E-state index contributed by atoms with van der Waals surface area (Å²) < 4.78 is 6.02. The van der Waals surface area contributed by atoms with Gasteiger partial charge in [-0.05, 0) is 25.7 Å². The second-order valence-corrected chi connectivity index (χ2v) is 7.06. The Kier molecular flexibility index (Phi) is 3.72. The lowest BCUT2D eigenvalue weighted by Crippen LogP contribution is -2.44. The van der Waals surface area contributed by atoms with Gasteiger partial charge in [-0.1, -0.05) is 0 Å². The van der Waals surface area contributed by atoms with Gasteiger partial charge in [-0.3, -0.25) is 9.79 Å².